The first-order chi connectivity index (χ1) is 23.0. The smallest absolute Gasteiger partial charge is 0.397 e. The number of likely N-dealkylation sites (tertiary alicyclic amines) is 1. The number of rotatable bonds is 7. The number of para-hydroxylation sites is 1. The Balaban J connectivity index is 1.16. The number of hydrogen-bond acceptors (Lipinski definition) is 6. The van der Waals surface area contributed by atoms with Gasteiger partial charge in [0.1, 0.15) is 0 Å². The molecule has 3 aliphatic heterocycles. The van der Waals surface area contributed by atoms with E-state index in [0.717, 1.165) is 29.8 Å². The van der Waals surface area contributed by atoms with Gasteiger partial charge in [-0.2, -0.15) is 13.2 Å². The molecule has 0 saturated carbocycles. The summed E-state index contributed by atoms with van der Waals surface area (Å²) in [6.07, 6.45) is -1.91. The number of piperidine rings is 1. The number of anilines is 1. The fourth-order valence-corrected chi connectivity index (χ4v) is 7.66. The Morgan fingerprint density at radius 3 is 2.33 bits per heavy atom. The van der Waals surface area contributed by atoms with Crippen molar-refractivity contribution in [1.29, 1.82) is 0 Å². The predicted molar refractivity (Wildman–Crippen MR) is 178 cm³/mol. The molecule has 13 heteroatoms. The summed E-state index contributed by atoms with van der Waals surface area (Å²) in [6, 6.07) is 12.2. The molecule has 258 valence electrons. The number of ether oxygens (including phenoxy) is 1. The number of hydrogen-bond donors (Lipinski definition) is 2. The fourth-order valence-electron chi connectivity index (χ4n) is 7.42. The van der Waals surface area contributed by atoms with Crippen LogP contribution in [0.25, 0.3) is 10.9 Å². The van der Waals surface area contributed by atoms with Crippen LogP contribution in [0.5, 0.6) is 0 Å². The number of aromatic nitrogens is 1. The molecular weight excluding hydrogens is 647 g/mol. The zero-order valence-electron chi connectivity index (χ0n) is 26.7. The Labute approximate surface area is 282 Å². The molecule has 3 aromatic rings. The molecule has 3 aliphatic rings. The minimum atomic E-state index is -4.73. The van der Waals surface area contributed by atoms with Gasteiger partial charge in [0.25, 0.3) is 5.56 Å². The van der Waals surface area contributed by atoms with Crippen LogP contribution < -0.4 is 11.3 Å². The van der Waals surface area contributed by atoms with E-state index in [9.17, 15) is 27.6 Å². The van der Waals surface area contributed by atoms with Gasteiger partial charge >= 0.3 is 6.18 Å². The summed E-state index contributed by atoms with van der Waals surface area (Å²) in [4.78, 5) is 49.3. The number of piperazine rings is 1. The lowest BCUT2D eigenvalue weighted by Gasteiger charge is -2.41. The minimum absolute atomic E-state index is 0.0235. The summed E-state index contributed by atoms with van der Waals surface area (Å²) >= 11 is 6.13. The van der Waals surface area contributed by atoms with Gasteiger partial charge in [0.2, 0.25) is 11.8 Å². The van der Waals surface area contributed by atoms with Gasteiger partial charge in [0.15, 0.2) is 0 Å². The van der Waals surface area contributed by atoms with Gasteiger partial charge in [0.05, 0.1) is 22.2 Å². The van der Waals surface area contributed by atoms with Crippen LogP contribution in [0, 0.1) is 5.92 Å². The van der Waals surface area contributed by atoms with Crippen molar-refractivity contribution in [2.45, 2.75) is 56.7 Å². The third kappa shape index (κ3) is 7.66. The van der Waals surface area contributed by atoms with Gasteiger partial charge in [-0.25, -0.2) is 0 Å². The standard InChI is InChI=1S/C35H41ClF3N5O4/c36-29-19-22(18-28(32(29)40)35(37,38)39)17-25(34(47)44-13-11-42(12-14-44)26-7-15-48-16-8-26)21-31(45)43-9-5-23(6-10-43)27-20-24-3-1-2-4-30(24)41-33(27)46/h1-4,18-20,23,25-26H,5-17,21,40H2,(H,41,46)/t25-/m0/s1. The maximum absolute atomic E-state index is 14.0. The van der Waals surface area contributed by atoms with E-state index < -0.39 is 23.3 Å². The predicted octanol–water partition coefficient (Wildman–Crippen LogP) is 5.06. The van der Waals surface area contributed by atoms with Crippen LogP contribution in [0.15, 0.2) is 47.3 Å². The van der Waals surface area contributed by atoms with Gasteiger partial charge in [-0.15, -0.1) is 0 Å². The molecule has 1 atom stereocenters. The van der Waals surface area contributed by atoms with Crippen molar-refractivity contribution < 1.29 is 27.5 Å². The van der Waals surface area contributed by atoms with Crippen LogP contribution >= 0.6 is 11.6 Å². The lowest BCUT2D eigenvalue weighted by atomic mass is 9.88. The van der Waals surface area contributed by atoms with Gasteiger partial charge in [-0.05, 0) is 73.2 Å². The van der Waals surface area contributed by atoms with Gasteiger partial charge in [-0.1, -0.05) is 29.8 Å². The van der Waals surface area contributed by atoms with Gasteiger partial charge in [0, 0.05) is 76.0 Å². The number of H-pyrrole nitrogens is 1. The molecule has 9 nitrogen and oxygen atoms in total. The first-order valence-electron chi connectivity index (χ1n) is 16.6. The summed E-state index contributed by atoms with van der Waals surface area (Å²) < 4.78 is 46.8. The van der Waals surface area contributed by atoms with Crippen LogP contribution in [0.3, 0.4) is 0 Å². The normalized spacial score (nSPS) is 19.5. The lowest BCUT2D eigenvalue weighted by Crippen LogP contribution is -2.54. The molecule has 0 spiro atoms. The monoisotopic (exact) mass is 687 g/mol. The molecule has 0 radical (unpaired) electrons. The molecule has 2 aromatic carbocycles. The number of alkyl halides is 3. The Bertz CT molecular complexity index is 1690. The number of carbonyl (C=O) groups is 2. The van der Waals surface area contributed by atoms with Crippen molar-refractivity contribution in [2.24, 2.45) is 5.92 Å². The first kappa shape index (κ1) is 34.3. The topological polar surface area (TPSA) is 112 Å². The second kappa shape index (κ2) is 14.5. The highest BCUT2D eigenvalue weighted by atomic mass is 35.5. The summed E-state index contributed by atoms with van der Waals surface area (Å²) in [5.41, 5.74) is 5.56. The lowest BCUT2D eigenvalue weighted by molar-refractivity contribution is -0.143. The highest BCUT2D eigenvalue weighted by Gasteiger charge is 2.37. The van der Waals surface area contributed by atoms with Crippen molar-refractivity contribution >= 4 is 40.0 Å². The van der Waals surface area contributed by atoms with E-state index in [4.69, 9.17) is 22.1 Å². The molecule has 2 amide bonds. The number of amides is 2. The van der Waals surface area contributed by atoms with Crippen LogP contribution in [-0.4, -0.2) is 90.0 Å². The Morgan fingerprint density at radius 1 is 0.958 bits per heavy atom. The summed E-state index contributed by atoms with van der Waals surface area (Å²) in [5, 5.41) is 0.699. The number of halogens is 4. The molecular formula is C35H41ClF3N5O4. The zero-order valence-corrected chi connectivity index (χ0v) is 27.5. The van der Waals surface area contributed by atoms with E-state index in [1.165, 1.54) is 6.07 Å². The SMILES string of the molecule is Nc1c(Cl)cc(C[C@@H](CC(=O)N2CCC(c3cc4ccccc4[nH]c3=O)CC2)C(=O)N2CCN(C3CCOCC3)CC2)cc1C(F)(F)F. The maximum Gasteiger partial charge on any atom is 0.418 e. The fraction of sp³-hybridized carbons (Fsp3) is 0.514. The molecule has 1 aromatic heterocycles. The summed E-state index contributed by atoms with van der Waals surface area (Å²) in [7, 11) is 0. The molecule has 6 rings (SSSR count). The minimum Gasteiger partial charge on any atom is -0.397 e. The van der Waals surface area contributed by atoms with Crippen molar-refractivity contribution in [3.8, 4) is 0 Å². The maximum atomic E-state index is 14.0. The first-order valence-corrected chi connectivity index (χ1v) is 17.0. The second-order valence-corrected chi connectivity index (χ2v) is 13.5. The number of nitrogens with two attached hydrogens (primary N) is 1. The van der Waals surface area contributed by atoms with E-state index >= 15 is 0 Å². The molecule has 4 heterocycles. The third-order valence-corrected chi connectivity index (χ3v) is 10.5. The number of aromatic amines is 1. The Kier molecular flexibility index (Phi) is 10.3. The number of nitrogens with zero attached hydrogens (tertiary/aromatic N) is 3. The van der Waals surface area contributed by atoms with E-state index in [-0.39, 0.29) is 46.7 Å². The Morgan fingerprint density at radius 2 is 1.65 bits per heavy atom. The highest BCUT2D eigenvalue weighted by Crippen LogP contribution is 2.38. The molecule has 3 N–H and O–H groups in total. The van der Waals surface area contributed by atoms with Crippen LogP contribution in [0.2, 0.25) is 5.02 Å². The zero-order chi connectivity index (χ0) is 34.0. The molecule has 0 bridgehead atoms. The number of benzene rings is 2. The van der Waals surface area contributed by atoms with E-state index in [1.807, 2.05) is 30.3 Å². The second-order valence-electron chi connectivity index (χ2n) is 13.1. The summed E-state index contributed by atoms with van der Waals surface area (Å²) in [6.45, 7) is 4.57. The van der Waals surface area contributed by atoms with Crippen LogP contribution in [-0.2, 0) is 26.9 Å². The number of nitrogens with one attached hydrogen (secondary N) is 1. The van der Waals surface area contributed by atoms with E-state index in [1.54, 1.807) is 9.80 Å². The van der Waals surface area contributed by atoms with Crippen molar-refractivity contribution in [3.63, 3.8) is 0 Å². The van der Waals surface area contributed by atoms with Crippen LogP contribution in [0.1, 0.15) is 54.7 Å². The number of carbonyl (C=O) groups excluding carboxylic acids is 2. The van der Waals surface area contributed by atoms with E-state index in [2.05, 4.69) is 9.88 Å². The van der Waals surface area contributed by atoms with Crippen molar-refractivity contribution in [2.75, 3.05) is 58.2 Å². The largest absolute Gasteiger partial charge is 0.418 e. The van der Waals surface area contributed by atoms with Crippen molar-refractivity contribution in [1.82, 2.24) is 19.7 Å². The van der Waals surface area contributed by atoms with Crippen LogP contribution in [0.4, 0.5) is 18.9 Å². The number of pyridine rings is 1. The van der Waals surface area contributed by atoms with Gasteiger partial charge < -0.3 is 25.3 Å². The molecule has 48 heavy (non-hydrogen) atoms. The van der Waals surface area contributed by atoms with Gasteiger partial charge in [-0.3, -0.25) is 19.3 Å². The van der Waals surface area contributed by atoms with E-state index in [0.29, 0.717) is 76.9 Å². The number of nitrogen functional groups attached to an aromatic ring is 1. The number of fused-ring (bicyclic) bond motifs is 1. The molecule has 3 fully saturated rings. The average molecular weight is 688 g/mol. The third-order valence-electron chi connectivity index (χ3n) is 10.1. The Hall–Kier alpha value is -3.61. The summed E-state index contributed by atoms with van der Waals surface area (Å²) in [5.74, 6) is -1.40. The average Bonchev–Trinajstić information content (AvgIpc) is 3.09. The quantitative estimate of drug-likeness (QED) is 0.336. The molecule has 0 aliphatic carbocycles. The van der Waals surface area contributed by atoms with Crippen molar-refractivity contribution in [3.05, 3.63) is 74.5 Å². The molecule has 0 unspecified atom stereocenters. The highest BCUT2D eigenvalue weighted by molar-refractivity contribution is 6.33. The molecule has 3 saturated heterocycles.